The fraction of sp³-hybridized carbons (Fsp3) is 0.667. The van der Waals surface area contributed by atoms with Gasteiger partial charge in [-0.15, -0.1) is 0 Å². The third-order valence-corrected chi connectivity index (χ3v) is 4.35. The predicted molar refractivity (Wildman–Crippen MR) is 73.7 cm³/mol. The molecule has 100 valence electrons. The summed E-state index contributed by atoms with van der Waals surface area (Å²) in [4.78, 5) is 15.5. The fourth-order valence-electron chi connectivity index (χ4n) is 1.96. The molecule has 1 aromatic rings. The van der Waals surface area contributed by atoms with Crippen LogP contribution in [0.4, 0.5) is 4.79 Å². The maximum atomic E-state index is 11.5. The molecule has 0 bridgehead atoms. The maximum absolute atomic E-state index is 11.5. The second-order valence-electron chi connectivity index (χ2n) is 4.43. The lowest BCUT2D eigenvalue weighted by atomic mass is 10.2. The Kier molecular flexibility index (Phi) is 5.38. The van der Waals surface area contributed by atoms with E-state index >= 15 is 0 Å². The van der Waals surface area contributed by atoms with Crippen molar-refractivity contribution >= 4 is 17.8 Å². The minimum absolute atomic E-state index is 0.0480. The van der Waals surface area contributed by atoms with Crippen molar-refractivity contribution in [2.75, 3.05) is 18.8 Å². The van der Waals surface area contributed by atoms with E-state index in [1.165, 1.54) is 18.6 Å². The average molecular weight is 268 g/mol. The van der Waals surface area contributed by atoms with Crippen molar-refractivity contribution in [3.8, 4) is 0 Å². The van der Waals surface area contributed by atoms with Crippen LogP contribution in [0.5, 0.6) is 0 Å². The molecule has 1 aromatic heterocycles. The fourth-order valence-corrected chi connectivity index (χ4v) is 3.16. The lowest BCUT2D eigenvalue weighted by Gasteiger charge is -2.11. The van der Waals surface area contributed by atoms with Crippen molar-refractivity contribution in [1.82, 2.24) is 20.2 Å². The molecule has 0 aliphatic carbocycles. The van der Waals surface area contributed by atoms with Crippen LogP contribution in [-0.4, -0.2) is 39.7 Å². The molecular weight excluding hydrogens is 248 g/mol. The van der Waals surface area contributed by atoms with Crippen molar-refractivity contribution < 1.29 is 4.79 Å². The standard InChI is InChI=1S/C12H20N4OS/c17-12(15-9-11-3-1-8-18-11)14-4-2-6-16-7-5-13-10-16/h5,7,10-11H,1-4,6,8-9H2,(H2,14,15,17). The first-order valence-corrected chi connectivity index (χ1v) is 7.48. The molecule has 2 amide bonds. The largest absolute Gasteiger partial charge is 0.338 e. The van der Waals surface area contributed by atoms with E-state index in [0.29, 0.717) is 11.8 Å². The van der Waals surface area contributed by atoms with E-state index in [9.17, 15) is 4.79 Å². The monoisotopic (exact) mass is 268 g/mol. The molecule has 2 rings (SSSR count). The van der Waals surface area contributed by atoms with Crippen LogP contribution in [0.3, 0.4) is 0 Å². The molecule has 0 radical (unpaired) electrons. The van der Waals surface area contributed by atoms with E-state index in [0.717, 1.165) is 19.5 Å². The number of aryl methyl sites for hydroxylation is 1. The van der Waals surface area contributed by atoms with Crippen molar-refractivity contribution in [2.45, 2.75) is 31.1 Å². The van der Waals surface area contributed by atoms with Gasteiger partial charge >= 0.3 is 6.03 Å². The van der Waals surface area contributed by atoms with Gasteiger partial charge in [-0.05, 0) is 25.0 Å². The number of hydrogen-bond donors (Lipinski definition) is 2. The van der Waals surface area contributed by atoms with Crippen LogP contribution in [0.15, 0.2) is 18.7 Å². The van der Waals surface area contributed by atoms with Crippen LogP contribution < -0.4 is 10.6 Å². The number of urea groups is 1. The normalized spacial score (nSPS) is 18.8. The minimum Gasteiger partial charge on any atom is -0.338 e. The third-order valence-electron chi connectivity index (χ3n) is 2.95. The number of nitrogens with zero attached hydrogens (tertiary/aromatic N) is 2. The number of thioether (sulfide) groups is 1. The van der Waals surface area contributed by atoms with Crippen molar-refractivity contribution in [3.05, 3.63) is 18.7 Å². The zero-order chi connectivity index (χ0) is 12.6. The first-order valence-electron chi connectivity index (χ1n) is 6.43. The molecule has 2 heterocycles. The quantitative estimate of drug-likeness (QED) is 0.768. The first kappa shape index (κ1) is 13.3. The summed E-state index contributed by atoms with van der Waals surface area (Å²) in [6.45, 7) is 2.37. The molecule has 1 fully saturated rings. The van der Waals surface area contributed by atoms with Crippen LogP contribution >= 0.6 is 11.8 Å². The molecule has 0 spiro atoms. The van der Waals surface area contributed by atoms with Crippen LogP contribution in [0.2, 0.25) is 0 Å². The summed E-state index contributed by atoms with van der Waals surface area (Å²) in [6, 6.07) is -0.0480. The van der Waals surface area contributed by atoms with E-state index in [1.54, 1.807) is 12.5 Å². The number of imidazole rings is 1. The van der Waals surface area contributed by atoms with Crippen LogP contribution in [-0.2, 0) is 6.54 Å². The zero-order valence-electron chi connectivity index (χ0n) is 10.5. The Balaban J connectivity index is 1.49. The highest BCUT2D eigenvalue weighted by atomic mass is 32.2. The molecule has 0 saturated carbocycles. The summed E-state index contributed by atoms with van der Waals surface area (Å²) < 4.78 is 2.01. The molecule has 5 nitrogen and oxygen atoms in total. The van der Waals surface area contributed by atoms with Gasteiger partial charge in [-0.25, -0.2) is 9.78 Å². The molecule has 1 unspecified atom stereocenters. The van der Waals surface area contributed by atoms with Gasteiger partial charge in [0.25, 0.3) is 0 Å². The van der Waals surface area contributed by atoms with Gasteiger partial charge in [-0.1, -0.05) is 0 Å². The SMILES string of the molecule is O=C(NCCCn1ccnc1)NCC1CCCS1. The van der Waals surface area contributed by atoms with Gasteiger partial charge in [-0.3, -0.25) is 0 Å². The van der Waals surface area contributed by atoms with Crippen LogP contribution in [0.25, 0.3) is 0 Å². The summed E-state index contributed by atoms with van der Waals surface area (Å²) in [7, 11) is 0. The van der Waals surface area contributed by atoms with Gasteiger partial charge in [0, 0.05) is 37.3 Å². The molecule has 2 N–H and O–H groups in total. The minimum atomic E-state index is -0.0480. The first-order chi connectivity index (χ1) is 8.84. The maximum Gasteiger partial charge on any atom is 0.314 e. The molecule has 1 aliphatic rings. The molecule has 6 heteroatoms. The second kappa shape index (κ2) is 7.31. The second-order valence-corrected chi connectivity index (χ2v) is 5.83. The van der Waals surface area contributed by atoms with Gasteiger partial charge in [0.15, 0.2) is 0 Å². The molecule has 1 saturated heterocycles. The molecule has 18 heavy (non-hydrogen) atoms. The van der Waals surface area contributed by atoms with E-state index in [4.69, 9.17) is 0 Å². The van der Waals surface area contributed by atoms with Gasteiger partial charge in [-0.2, -0.15) is 11.8 Å². The van der Waals surface area contributed by atoms with Crippen molar-refractivity contribution in [3.63, 3.8) is 0 Å². The topological polar surface area (TPSA) is 59.0 Å². The summed E-state index contributed by atoms with van der Waals surface area (Å²) in [5.74, 6) is 1.23. The molecule has 1 aliphatic heterocycles. The van der Waals surface area contributed by atoms with Gasteiger partial charge in [0.2, 0.25) is 0 Å². The van der Waals surface area contributed by atoms with Gasteiger partial charge in [0.1, 0.15) is 0 Å². The lowest BCUT2D eigenvalue weighted by molar-refractivity contribution is 0.240. The number of nitrogens with one attached hydrogen (secondary N) is 2. The highest BCUT2D eigenvalue weighted by molar-refractivity contribution is 8.00. The highest BCUT2D eigenvalue weighted by Gasteiger charge is 2.15. The van der Waals surface area contributed by atoms with E-state index in [-0.39, 0.29) is 6.03 Å². The summed E-state index contributed by atoms with van der Waals surface area (Å²) in [5.41, 5.74) is 0. The number of hydrogen-bond acceptors (Lipinski definition) is 3. The number of aromatic nitrogens is 2. The highest BCUT2D eigenvalue weighted by Crippen LogP contribution is 2.25. The Morgan fingerprint density at radius 3 is 3.17 bits per heavy atom. The molecule has 1 atom stereocenters. The lowest BCUT2D eigenvalue weighted by Crippen LogP contribution is -2.39. The Hall–Kier alpha value is -1.17. The summed E-state index contributed by atoms with van der Waals surface area (Å²) >= 11 is 1.96. The predicted octanol–water partition coefficient (Wildman–Crippen LogP) is 1.47. The van der Waals surface area contributed by atoms with Gasteiger partial charge in [0.05, 0.1) is 6.33 Å². The Morgan fingerprint density at radius 2 is 2.44 bits per heavy atom. The van der Waals surface area contributed by atoms with E-state index in [2.05, 4.69) is 15.6 Å². The number of carbonyl (C=O) groups excluding carboxylic acids is 1. The number of carbonyl (C=O) groups is 1. The Labute approximate surface area is 112 Å². The number of rotatable bonds is 6. The smallest absolute Gasteiger partial charge is 0.314 e. The summed E-state index contributed by atoms with van der Waals surface area (Å²) in [5, 5.41) is 6.42. The molecule has 0 aromatic carbocycles. The van der Waals surface area contributed by atoms with Gasteiger partial charge < -0.3 is 15.2 Å². The van der Waals surface area contributed by atoms with Crippen LogP contribution in [0.1, 0.15) is 19.3 Å². The Bertz CT molecular complexity index is 349. The zero-order valence-corrected chi connectivity index (χ0v) is 11.3. The average Bonchev–Trinajstić information content (AvgIpc) is 3.04. The van der Waals surface area contributed by atoms with Crippen molar-refractivity contribution in [2.24, 2.45) is 0 Å². The third kappa shape index (κ3) is 4.60. The summed E-state index contributed by atoms with van der Waals surface area (Å²) in [6.07, 6.45) is 8.91. The molecular formula is C12H20N4OS. The Morgan fingerprint density at radius 1 is 1.50 bits per heavy atom. The number of amides is 2. The van der Waals surface area contributed by atoms with Crippen LogP contribution in [0, 0.1) is 0 Å². The van der Waals surface area contributed by atoms with E-state index in [1.807, 2.05) is 22.5 Å². The van der Waals surface area contributed by atoms with E-state index < -0.39 is 0 Å². The van der Waals surface area contributed by atoms with Crippen molar-refractivity contribution in [1.29, 1.82) is 0 Å².